The van der Waals surface area contributed by atoms with Crippen LogP contribution in [0.2, 0.25) is 0 Å². The van der Waals surface area contributed by atoms with Crippen molar-refractivity contribution in [3.63, 3.8) is 0 Å². The highest BCUT2D eigenvalue weighted by atomic mass is 19.1. The number of hydrogen-bond donors (Lipinski definition) is 1. The number of fused-ring (bicyclic) bond motifs is 2. The standard InChI is InChI=1S/C18H21FN2O2/c1-3-10-12(8-20)15(18-22-9(2)23-18)14-11-6-4-5-7-13(11)21-17(14)16(10)19/h4-7,9-13,15-16,18,21H,3H2,1-2H3. The highest BCUT2D eigenvalue weighted by Crippen LogP contribution is 2.51. The molecule has 1 fully saturated rings. The summed E-state index contributed by atoms with van der Waals surface area (Å²) in [6.45, 7) is 3.78. The minimum Gasteiger partial charge on any atom is -0.379 e. The lowest BCUT2D eigenvalue weighted by atomic mass is 9.66. The van der Waals surface area contributed by atoms with Gasteiger partial charge in [0.15, 0.2) is 12.6 Å². The predicted octanol–water partition coefficient (Wildman–Crippen LogP) is 2.81. The van der Waals surface area contributed by atoms with Crippen molar-refractivity contribution < 1.29 is 13.9 Å². The number of alkyl halides is 1. The highest BCUT2D eigenvalue weighted by Gasteiger charge is 2.55. The predicted molar refractivity (Wildman–Crippen MR) is 82.4 cm³/mol. The van der Waals surface area contributed by atoms with Crippen molar-refractivity contribution in [2.24, 2.45) is 23.7 Å². The Bertz CT molecular complexity index is 629. The fourth-order valence-corrected chi connectivity index (χ4v) is 4.49. The first kappa shape index (κ1) is 14.9. The summed E-state index contributed by atoms with van der Waals surface area (Å²) in [5.74, 6) is -0.879. The second-order valence-electron chi connectivity index (χ2n) is 6.70. The van der Waals surface area contributed by atoms with E-state index in [0.717, 1.165) is 5.57 Å². The lowest BCUT2D eigenvalue weighted by Crippen LogP contribution is -2.51. The molecule has 0 spiro atoms. The van der Waals surface area contributed by atoms with Gasteiger partial charge in [-0.05, 0) is 18.9 Å². The molecule has 23 heavy (non-hydrogen) atoms. The molecule has 0 saturated carbocycles. The molecule has 4 aliphatic rings. The number of ether oxygens (including phenoxy) is 2. The molecular weight excluding hydrogens is 295 g/mol. The maximum absolute atomic E-state index is 15.1. The summed E-state index contributed by atoms with van der Waals surface area (Å²) in [7, 11) is 0. The zero-order valence-electron chi connectivity index (χ0n) is 13.3. The van der Waals surface area contributed by atoms with Crippen molar-refractivity contribution in [1.29, 1.82) is 5.26 Å². The Hall–Kier alpha value is -1.64. The van der Waals surface area contributed by atoms with E-state index in [0.29, 0.717) is 12.1 Å². The van der Waals surface area contributed by atoms with E-state index in [1.165, 1.54) is 0 Å². The van der Waals surface area contributed by atoms with Crippen LogP contribution < -0.4 is 5.32 Å². The second kappa shape index (κ2) is 5.47. The van der Waals surface area contributed by atoms with E-state index in [-0.39, 0.29) is 30.1 Å². The number of nitrogens with one attached hydrogen (secondary N) is 1. The first-order chi connectivity index (χ1) is 11.2. The summed E-state index contributed by atoms with van der Waals surface area (Å²) in [6.07, 6.45) is 6.91. The van der Waals surface area contributed by atoms with Crippen LogP contribution in [-0.2, 0) is 9.47 Å². The van der Waals surface area contributed by atoms with Gasteiger partial charge in [0.25, 0.3) is 0 Å². The van der Waals surface area contributed by atoms with Gasteiger partial charge in [0.2, 0.25) is 0 Å². The van der Waals surface area contributed by atoms with Crippen LogP contribution in [-0.4, -0.2) is 24.8 Å². The monoisotopic (exact) mass is 316 g/mol. The van der Waals surface area contributed by atoms with Crippen LogP contribution in [0.4, 0.5) is 4.39 Å². The van der Waals surface area contributed by atoms with E-state index in [2.05, 4.69) is 23.5 Å². The van der Waals surface area contributed by atoms with Crippen molar-refractivity contribution in [3.05, 3.63) is 35.6 Å². The molecule has 122 valence electrons. The van der Waals surface area contributed by atoms with Gasteiger partial charge in [0.05, 0.1) is 23.9 Å². The van der Waals surface area contributed by atoms with Crippen molar-refractivity contribution in [2.45, 2.75) is 45.1 Å². The van der Waals surface area contributed by atoms with Gasteiger partial charge in [-0.1, -0.05) is 31.2 Å². The molecule has 1 N–H and O–H groups in total. The summed E-state index contributed by atoms with van der Waals surface area (Å²) in [4.78, 5) is 0. The van der Waals surface area contributed by atoms with Gasteiger partial charge in [0, 0.05) is 17.5 Å². The Morgan fingerprint density at radius 2 is 2.04 bits per heavy atom. The average molecular weight is 316 g/mol. The second-order valence-corrected chi connectivity index (χ2v) is 6.70. The van der Waals surface area contributed by atoms with Crippen LogP contribution in [0.25, 0.3) is 0 Å². The molecule has 2 aliphatic carbocycles. The summed E-state index contributed by atoms with van der Waals surface area (Å²) in [5, 5.41) is 13.1. The van der Waals surface area contributed by atoms with E-state index < -0.39 is 18.4 Å². The van der Waals surface area contributed by atoms with Crippen molar-refractivity contribution in [3.8, 4) is 6.07 Å². The molecule has 2 heterocycles. The van der Waals surface area contributed by atoms with Crippen molar-refractivity contribution in [2.75, 3.05) is 0 Å². The molecule has 0 bridgehead atoms. The highest BCUT2D eigenvalue weighted by molar-refractivity contribution is 5.42. The van der Waals surface area contributed by atoms with E-state index >= 15 is 4.39 Å². The Morgan fingerprint density at radius 3 is 2.70 bits per heavy atom. The molecule has 4 nitrogen and oxygen atoms in total. The number of nitriles is 1. The molecule has 0 aromatic rings. The largest absolute Gasteiger partial charge is 0.379 e. The van der Waals surface area contributed by atoms with Gasteiger partial charge in [0.1, 0.15) is 6.17 Å². The maximum atomic E-state index is 15.1. The number of allylic oxidation sites excluding steroid dienone is 3. The van der Waals surface area contributed by atoms with Crippen LogP contribution in [0.15, 0.2) is 35.6 Å². The smallest absolute Gasteiger partial charge is 0.171 e. The fourth-order valence-electron chi connectivity index (χ4n) is 4.49. The first-order valence-corrected chi connectivity index (χ1v) is 8.35. The van der Waals surface area contributed by atoms with Gasteiger partial charge in [-0.15, -0.1) is 0 Å². The third-order valence-corrected chi connectivity index (χ3v) is 5.55. The number of nitrogens with zero attached hydrogens (tertiary/aromatic N) is 1. The molecule has 0 aromatic heterocycles. The van der Waals surface area contributed by atoms with Gasteiger partial charge >= 0.3 is 0 Å². The molecule has 5 heteroatoms. The Kier molecular flexibility index (Phi) is 3.55. The Labute approximate surface area is 135 Å². The average Bonchev–Trinajstić information content (AvgIpc) is 2.92. The first-order valence-electron chi connectivity index (χ1n) is 8.35. The minimum absolute atomic E-state index is 0.0678. The molecule has 6 unspecified atom stereocenters. The molecule has 2 aliphatic heterocycles. The van der Waals surface area contributed by atoms with Crippen LogP contribution in [0, 0.1) is 35.0 Å². The van der Waals surface area contributed by atoms with Crippen molar-refractivity contribution >= 4 is 0 Å². The van der Waals surface area contributed by atoms with Crippen LogP contribution >= 0.6 is 0 Å². The van der Waals surface area contributed by atoms with Gasteiger partial charge in [-0.3, -0.25) is 0 Å². The number of halogens is 1. The van der Waals surface area contributed by atoms with E-state index in [1.54, 1.807) is 0 Å². The van der Waals surface area contributed by atoms with Crippen LogP contribution in [0.5, 0.6) is 0 Å². The molecule has 4 rings (SSSR count). The maximum Gasteiger partial charge on any atom is 0.171 e. The topological polar surface area (TPSA) is 54.3 Å². The van der Waals surface area contributed by atoms with Crippen LogP contribution in [0.1, 0.15) is 20.3 Å². The summed E-state index contributed by atoms with van der Waals surface area (Å²) >= 11 is 0. The molecule has 0 amide bonds. The number of hydrogen-bond acceptors (Lipinski definition) is 4. The minimum atomic E-state index is -1.12. The summed E-state index contributed by atoms with van der Waals surface area (Å²) < 4.78 is 26.6. The normalized spacial score (nSPS) is 47.4. The van der Waals surface area contributed by atoms with Gasteiger partial charge < -0.3 is 14.8 Å². The van der Waals surface area contributed by atoms with E-state index in [1.807, 2.05) is 26.0 Å². The lowest BCUT2D eigenvalue weighted by molar-refractivity contribution is -0.393. The third kappa shape index (κ3) is 2.09. The van der Waals surface area contributed by atoms with E-state index in [9.17, 15) is 5.26 Å². The molecule has 0 radical (unpaired) electrons. The SMILES string of the molecule is CCC1C(F)C2=C(C3C=CC=CC3N2)C(C2OC(C)O2)C1C#N. The van der Waals surface area contributed by atoms with Crippen LogP contribution in [0.3, 0.4) is 0 Å². The lowest BCUT2D eigenvalue weighted by Gasteiger charge is -2.46. The zero-order valence-corrected chi connectivity index (χ0v) is 13.3. The van der Waals surface area contributed by atoms with Gasteiger partial charge in [-0.2, -0.15) is 5.26 Å². The number of rotatable bonds is 2. The molecular formula is C18H21FN2O2. The van der Waals surface area contributed by atoms with E-state index in [4.69, 9.17) is 9.47 Å². The van der Waals surface area contributed by atoms with Crippen molar-refractivity contribution in [1.82, 2.24) is 5.32 Å². The zero-order chi connectivity index (χ0) is 16.1. The molecule has 0 aromatic carbocycles. The molecule has 6 atom stereocenters. The fraction of sp³-hybridized carbons (Fsp3) is 0.611. The van der Waals surface area contributed by atoms with Gasteiger partial charge in [-0.25, -0.2) is 4.39 Å². The Balaban J connectivity index is 1.78. The third-order valence-electron chi connectivity index (χ3n) is 5.55. The summed E-state index contributed by atoms with van der Waals surface area (Å²) in [6, 6.07) is 2.42. The Morgan fingerprint density at radius 1 is 1.30 bits per heavy atom. The molecule has 1 saturated heterocycles. The quantitative estimate of drug-likeness (QED) is 0.851. The summed E-state index contributed by atoms with van der Waals surface area (Å²) in [5.41, 5.74) is 1.63.